The number of aromatic amines is 1. The summed E-state index contributed by atoms with van der Waals surface area (Å²) in [5.74, 6) is -1.16. The van der Waals surface area contributed by atoms with Crippen molar-refractivity contribution in [3.8, 4) is 0 Å². The van der Waals surface area contributed by atoms with Crippen LogP contribution in [0.2, 0.25) is 0 Å². The number of aryl methyl sites for hydroxylation is 2. The second-order valence-electron chi connectivity index (χ2n) is 4.64. The smallest absolute Gasteiger partial charge is 0.335 e. The van der Waals surface area contributed by atoms with Crippen LogP contribution in [0.15, 0.2) is 29.6 Å². The van der Waals surface area contributed by atoms with Crippen molar-refractivity contribution in [2.24, 2.45) is 0 Å². The number of nitrogens with one attached hydrogen (secondary N) is 2. The molecule has 0 aliphatic heterocycles. The lowest BCUT2D eigenvalue weighted by atomic mass is 10.1. The fraction of sp³-hybridized carbons (Fsp3) is 0.231. The predicted octanol–water partition coefficient (Wildman–Crippen LogP) is 1.20. The molecule has 0 saturated heterocycles. The van der Waals surface area contributed by atoms with E-state index in [9.17, 15) is 13.2 Å². The molecule has 0 saturated carbocycles. The summed E-state index contributed by atoms with van der Waals surface area (Å²) < 4.78 is 27.0. The van der Waals surface area contributed by atoms with E-state index in [0.29, 0.717) is 16.8 Å². The standard InChI is InChI=1S/C13H15N3O4S/c1-8-3-9(2)12(4-11(8)13(17)18)21(19,20)16-6-10-5-14-7-15-10/h3-5,7,16H,6H2,1-2H3,(H,14,15)(H,17,18). The number of carboxylic acids is 1. The molecule has 8 heteroatoms. The Balaban J connectivity index is 2.35. The van der Waals surface area contributed by atoms with E-state index in [0.717, 1.165) is 0 Å². The van der Waals surface area contributed by atoms with Crippen LogP contribution in [0.5, 0.6) is 0 Å². The van der Waals surface area contributed by atoms with E-state index >= 15 is 0 Å². The first-order chi connectivity index (χ1) is 9.81. The van der Waals surface area contributed by atoms with Crippen LogP contribution in [-0.2, 0) is 16.6 Å². The van der Waals surface area contributed by atoms with Gasteiger partial charge in [-0.25, -0.2) is 22.9 Å². The summed E-state index contributed by atoms with van der Waals surface area (Å²) in [5, 5.41) is 9.10. The van der Waals surface area contributed by atoms with Crippen LogP contribution in [0, 0.1) is 13.8 Å². The van der Waals surface area contributed by atoms with Gasteiger partial charge >= 0.3 is 5.97 Å². The number of imidazole rings is 1. The zero-order valence-corrected chi connectivity index (χ0v) is 12.4. The predicted molar refractivity (Wildman–Crippen MR) is 75.5 cm³/mol. The normalized spacial score (nSPS) is 11.5. The third kappa shape index (κ3) is 3.29. The van der Waals surface area contributed by atoms with Gasteiger partial charge in [-0.3, -0.25) is 0 Å². The summed E-state index contributed by atoms with van der Waals surface area (Å²) in [5.41, 5.74) is 1.60. The number of benzene rings is 1. The maximum Gasteiger partial charge on any atom is 0.335 e. The fourth-order valence-electron chi connectivity index (χ4n) is 1.98. The number of aromatic carboxylic acids is 1. The topological polar surface area (TPSA) is 112 Å². The minimum Gasteiger partial charge on any atom is -0.478 e. The first-order valence-corrected chi connectivity index (χ1v) is 7.61. The third-order valence-corrected chi connectivity index (χ3v) is 4.59. The van der Waals surface area contributed by atoms with Gasteiger partial charge in [-0.05, 0) is 31.0 Å². The van der Waals surface area contributed by atoms with Crippen LogP contribution in [-0.4, -0.2) is 29.5 Å². The molecule has 0 bridgehead atoms. The number of hydrogen-bond acceptors (Lipinski definition) is 4. The largest absolute Gasteiger partial charge is 0.478 e. The van der Waals surface area contributed by atoms with Gasteiger partial charge < -0.3 is 10.1 Å². The lowest BCUT2D eigenvalue weighted by molar-refractivity contribution is 0.0696. The Morgan fingerprint density at radius 2 is 2.05 bits per heavy atom. The molecule has 7 nitrogen and oxygen atoms in total. The van der Waals surface area contributed by atoms with Crippen molar-refractivity contribution in [3.05, 3.63) is 47.0 Å². The Labute approximate surface area is 122 Å². The molecule has 0 atom stereocenters. The molecule has 112 valence electrons. The van der Waals surface area contributed by atoms with Gasteiger partial charge in [0.2, 0.25) is 10.0 Å². The zero-order chi connectivity index (χ0) is 15.6. The van der Waals surface area contributed by atoms with Crippen LogP contribution < -0.4 is 4.72 Å². The molecular formula is C13H15N3O4S. The van der Waals surface area contributed by atoms with Gasteiger partial charge in [-0.2, -0.15) is 0 Å². The molecule has 1 aromatic heterocycles. The lowest BCUT2D eigenvalue weighted by Crippen LogP contribution is -2.24. The molecule has 1 heterocycles. The van der Waals surface area contributed by atoms with Gasteiger partial charge in [-0.1, -0.05) is 6.07 Å². The molecule has 2 aromatic rings. The Bertz CT molecular complexity index is 767. The monoisotopic (exact) mass is 309 g/mol. The number of nitrogens with zero attached hydrogens (tertiary/aromatic N) is 1. The number of carbonyl (C=O) groups is 1. The molecule has 1 aromatic carbocycles. The van der Waals surface area contributed by atoms with Crippen LogP contribution in [0.4, 0.5) is 0 Å². The first kappa shape index (κ1) is 15.2. The molecule has 0 spiro atoms. The van der Waals surface area contributed by atoms with Crippen LogP contribution in [0.1, 0.15) is 27.2 Å². The van der Waals surface area contributed by atoms with E-state index in [2.05, 4.69) is 14.7 Å². The summed E-state index contributed by atoms with van der Waals surface area (Å²) in [4.78, 5) is 17.7. The molecule has 0 unspecified atom stereocenters. The SMILES string of the molecule is Cc1cc(C)c(S(=O)(=O)NCc2cnc[nH]2)cc1C(=O)O. The van der Waals surface area contributed by atoms with E-state index in [1.54, 1.807) is 19.9 Å². The number of sulfonamides is 1. The summed E-state index contributed by atoms with van der Waals surface area (Å²) in [6, 6.07) is 2.73. The van der Waals surface area contributed by atoms with E-state index in [1.807, 2.05) is 0 Å². The van der Waals surface area contributed by atoms with Crippen LogP contribution in [0.3, 0.4) is 0 Å². The van der Waals surface area contributed by atoms with Crippen molar-refractivity contribution < 1.29 is 18.3 Å². The van der Waals surface area contributed by atoms with Gasteiger partial charge in [-0.15, -0.1) is 0 Å². The average molecular weight is 309 g/mol. The highest BCUT2D eigenvalue weighted by molar-refractivity contribution is 7.89. The zero-order valence-electron chi connectivity index (χ0n) is 11.5. The number of hydrogen-bond donors (Lipinski definition) is 3. The molecule has 21 heavy (non-hydrogen) atoms. The van der Waals surface area contributed by atoms with E-state index in [4.69, 9.17) is 5.11 Å². The second kappa shape index (κ2) is 5.66. The van der Waals surface area contributed by atoms with Crippen LogP contribution in [0.25, 0.3) is 0 Å². The van der Waals surface area contributed by atoms with Gasteiger partial charge in [0.1, 0.15) is 0 Å². The quantitative estimate of drug-likeness (QED) is 0.768. The molecule has 3 N–H and O–H groups in total. The Hall–Kier alpha value is -2.19. The van der Waals surface area contributed by atoms with Crippen molar-refractivity contribution in [1.29, 1.82) is 0 Å². The molecular weight excluding hydrogens is 294 g/mol. The summed E-state index contributed by atoms with van der Waals surface area (Å²) in [6.45, 7) is 3.31. The highest BCUT2D eigenvalue weighted by Gasteiger charge is 2.20. The number of aromatic nitrogens is 2. The van der Waals surface area contributed by atoms with Gasteiger partial charge in [0.05, 0.1) is 23.3 Å². The number of carboxylic acid groups (broad SMARTS) is 1. The maximum atomic E-state index is 12.3. The molecule has 0 aliphatic rings. The van der Waals surface area contributed by atoms with Crippen molar-refractivity contribution in [1.82, 2.24) is 14.7 Å². The Kier molecular flexibility index (Phi) is 4.10. The Morgan fingerprint density at radius 3 is 2.62 bits per heavy atom. The Morgan fingerprint density at radius 1 is 1.33 bits per heavy atom. The summed E-state index contributed by atoms with van der Waals surface area (Å²) in [6.07, 6.45) is 2.95. The fourth-order valence-corrected chi connectivity index (χ4v) is 3.24. The number of H-pyrrole nitrogens is 1. The van der Waals surface area contributed by atoms with Gasteiger partial charge in [0.15, 0.2) is 0 Å². The van der Waals surface area contributed by atoms with Crippen molar-refractivity contribution >= 4 is 16.0 Å². The maximum absolute atomic E-state index is 12.3. The minimum absolute atomic E-state index is 0.0254. The molecule has 2 rings (SSSR count). The molecule has 0 aliphatic carbocycles. The van der Waals surface area contributed by atoms with Gasteiger partial charge in [0.25, 0.3) is 0 Å². The van der Waals surface area contributed by atoms with E-state index < -0.39 is 16.0 Å². The molecule has 0 amide bonds. The summed E-state index contributed by atoms with van der Waals surface area (Å²) >= 11 is 0. The molecule has 0 radical (unpaired) electrons. The van der Waals surface area contributed by atoms with E-state index in [-0.39, 0.29) is 17.0 Å². The highest BCUT2D eigenvalue weighted by atomic mass is 32.2. The van der Waals surface area contributed by atoms with Crippen molar-refractivity contribution in [2.45, 2.75) is 25.3 Å². The number of rotatable bonds is 5. The minimum atomic E-state index is -3.80. The van der Waals surface area contributed by atoms with E-state index in [1.165, 1.54) is 18.6 Å². The lowest BCUT2D eigenvalue weighted by Gasteiger charge is -2.11. The van der Waals surface area contributed by atoms with Crippen molar-refractivity contribution in [2.75, 3.05) is 0 Å². The molecule has 0 fully saturated rings. The van der Waals surface area contributed by atoms with Crippen LogP contribution >= 0.6 is 0 Å². The first-order valence-electron chi connectivity index (χ1n) is 6.12. The summed E-state index contributed by atoms with van der Waals surface area (Å²) in [7, 11) is -3.80. The van der Waals surface area contributed by atoms with Gasteiger partial charge in [0, 0.05) is 11.9 Å². The third-order valence-electron chi connectivity index (χ3n) is 3.05. The highest BCUT2D eigenvalue weighted by Crippen LogP contribution is 2.20. The van der Waals surface area contributed by atoms with Crippen molar-refractivity contribution in [3.63, 3.8) is 0 Å². The average Bonchev–Trinajstić information content (AvgIpc) is 2.88. The second-order valence-corrected chi connectivity index (χ2v) is 6.37.